The largest absolute Gasteiger partial charge is 0.319 e. The van der Waals surface area contributed by atoms with Crippen LogP contribution in [0.3, 0.4) is 0 Å². The number of aromatic nitrogens is 1. The molecular weight excluding hydrogens is 174 g/mol. The molecule has 0 saturated carbocycles. The Morgan fingerprint density at radius 3 is 3.44 bits per heavy atom. The van der Waals surface area contributed by atoms with E-state index in [0.29, 0.717) is 0 Å². The third-order valence-corrected chi connectivity index (χ3v) is 4.10. The predicted molar refractivity (Wildman–Crippen MR) is 41.3 cm³/mol. The molecule has 2 rings (SSSR count). The number of hydrogen-bond donors (Lipinski definition) is 0. The molecule has 0 amide bonds. The molecule has 0 radical (unpaired) electrons. The molecule has 1 unspecified atom stereocenters. The van der Waals surface area contributed by atoms with E-state index in [1.54, 1.807) is 20.9 Å². The van der Waals surface area contributed by atoms with E-state index in [9.17, 15) is 0 Å². The summed E-state index contributed by atoms with van der Waals surface area (Å²) in [6, 6.07) is 0. The van der Waals surface area contributed by atoms with Gasteiger partial charge >= 0.3 is 10.3 Å². The molecule has 0 aromatic carbocycles. The van der Waals surface area contributed by atoms with Crippen molar-refractivity contribution in [3.05, 3.63) is 10.6 Å². The Kier molecular flexibility index (Phi) is 1.43. The first-order valence-electron chi connectivity index (χ1n) is 2.80. The second-order valence-electron chi connectivity index (χ2n) is 2.07. The summed E-state index contributed by atoms with van der Waals surface area (Å²) in [5.74, 6) is 0. The smallest absolute Gasteiger partial charge is 0.140 e. The second kappa shape index (κ2) is 2.15. The molecule has 9 heavy (non-hydrogen) atoms. The topological polar surface area (TPSA) is 12.9 Å². The van der Waals surface area contributed by atoms with Gasteiger partial charge in [0.15, 0.2) is 0 Å². The van der Waals surface area contributed by atoms with Crippen molar-refractivity contribution in [3.8, 4) is 0 Å². The third kappa shape index (κ3) is 0.876. The van der Waals surface area contributed by atoms with E-state index >= 15 is 0 Å². The molecule has 0 aliphatic heterocycles. The van der Waals surface area contributed by atoms with Crippen LogP contribution in [0.4, 0.5) is 0 Å². The molecule has 0 saturated heterocycles. The fraction of sp³-hybridized carbons (Fsp3) is 0.600. The predicted octanol–water partition coefficient (Wildman–Crippen LogP) is 2.71. The average Bonchev–Trinajstić information content (AvgIpc) is 2.35. The number of rotatable bonds is 0. The zero-order valence-electron chi connectivity index (χ0n) is 4.63. The van der Waals surface area contributed by atoms with Gasteiger partial charge in [0, 0.05) is 0 Å². The van der Waals surface area contributed by atoms with Gasteiger partial charge in [-0.15, -0.1) is 16.0 Å². The molecule has 1 aromatic rings. The van der Waals surface area contributed by atoms with E-state index in [4.69, 9.17) is 11.6 Å². The number of nitrogens with zero attached hydrogens (tertiary/aromatic N) is 1. The SMILES string of the molecule is ClC1CCc2ns[s+]c21. The summed E-state index contributed by atoms with van der Waals surface area (Å²) in [6.45, 7) is 0. The van der Waals surface area contributed by atoms with Crippen molar-refractivity contribution >= 4 is 32.5 Å². The van der Waals surface area contributed by atoms with Crippen LogP contribution in [0.2, 0.25) is 0 Å². The summed E-state index contributed by atoms with van der Waals surface area (Å²) in [5.41, 5.74) is 1.24. The summed E-state index contributed by atoms with van der Waals surface area (Å²) in [4.78, 5) is 1.31. The maximum Gasteiger partial charge on any atom is 0.319 e. The van der Waals surface area contributed by atoms with Gasteiger partial charge in [-0.2, -0.15) is 0 Å². The van der Waals surface area contributed by atoms with E-state index in [2.05, 4.69) is 4.37 Å². The minimum atomic E-state index is 0.267. The van der Waals surface area contributed by atoms with Crippen LogP contribution in [0, 0.1) is 0 Å². The lowest BCUT2D eigenvalue weighted by Gasteiger charge is -1.83. The molecule has 1 heterocycles. The zero-order valence-corrected chi connectivity index (χ0v) is 7.02. The molecule has 48 valence electrons. The minimum Gasteiger partial charge on any atom is -0.140 e. The van der Waals surface area contributed by atoms with Crippen molar-refractivity contribution in [2.45, 2.75) is 18.2 Å². The van der Waals surface area contributed by atoms with Gasteiger partial charge in [0.05, 0.1) is 0 Å². The summed E-state index contributed by atoms with van der Waals surface area (Å²) in [5, 5.41) is 0.267. The van der Waals surface area contributed by atoms with Gasteiger partial charge in [-0.3, -0.25) is 0 Å². The molecule has 1 aliphatic carbocycles. The van der Waals surface area contributed by atoms with Crippen LogP contribution in [-0.4, -0.2) is 4.37 Å². The van der Waals surface area contributed by atoms with Crippen LogP contribution in [-0.2, 0) is 6.42 Å². The highest BCUT2D eigenvalue weighted by molar-refractivity contribution is 7.67. The zero-order chi connectivity index (χ0) is 6.27. The van der Waals surface area contributed by atoms with Gasteiger partial charge in [-0.05, 0) is 12.8 Å². The Morgan fingerprint density at radius 1 is 1.78 bits per heavy atom. The Bertz CT molecular complexity index is 222. The Morgan fingerprint density at radius 2 is 2.67 bits per heavy atom. The van der Waals surface area contributed by atoms with Gasteiger partial charge in [0.1, 0.15) is 11.1 Å². The highest BCUT2D eigenvalue weighted by Crippen LogP contribution is 2.39. The van der Waals surface area contributed by atoms with Crippen LogP contribution in [0.25, 0.3) is 0 Å². The van der Waals surface area contributed by atoms with Gasteiger partial charge in [0.25, 0.3) is 15.4 Å². The van der Waals surface area contributed by atoms with Crippen molar-refractivity contribution in [3.63, 3.8) is 0 Å². The number of fused-ring (bicyclic) bond motifs is 1. The van der Waals surface area contributed by atoms with Crippen LogP contribution in [0.15, 0.2) is 0 Å². The quantitative estimate of drug-likeness (QED) is 0.338. The maximum absolute atomic E-state index is 5.96. The van der Waals surface area contributed by atoms with E-state index in [0.717, 1.165) is 12.8 Å². The molecule has 1 aromatic heterocycles. The molecule has 0 bridgehead atoms. The van der Waals surface area contributed by atoms with Gasteiger partial charge in [-0.25, -0.2) is 0 Å². The standard InChI is InChI=1S/C5H5ClNS2/c6-3-1-2-4-5(3)8-9-7-4/h3H,1-2H2/q+1. The average molecular weight is 179 g/mol. The number of aryl methyl sites for hydroxylation is 1. The summed E-state index contributed by atoms with van der Waals surface area (Å²) in [6.07, 6.45) is 2.17. The minimum absolute atomic E-state index is 0.267. The fourth-order valence-corrected chi connectivity index (χ4v) is 3.70. The van der Waals surface area contributed by atoms with Crippen LogP contribution in [0.5, 0.6) is 0 Å². The van der Waals surface area contributed by atoms with E-state index in [1.807, 2.05) is 0 Å². The first-order chi connectivity index (χ1) is 4.38. The molecular formula is C5H5ClNS2+. The van der Waals surface area contributed by atoms with Gasteiger partial charge in [0.2, 0.25) is 0 Å². The Balaban J connectivity index is 2.49. The van der Waals surface area contributed by atoms with E-state index in [-0.39, 0.29) is 5.38 Å². The lowest BCUT2D eigenvalue weighted by atomic mass is 10.4. The molecule has 4 heteroatoms. The van der Waals surface area contributed by atoms with Crippen LogP contribution >= 0.6 is 32.5 Å². The second-order valence-corrected chi connectivity index (χ2v) is 4.48. The number of hydrogen-bond acceptors (Lipinski definition) is 2. The lowest BCUT2D eigenvalue weighted by Crippen LogP contribution is -1.73. The van der Waals surface area contributed by atoms with E-state index in [1.165, 1.54) is 10.6 Å². The van der Waals surface area contributed by atoms with Gasteiger partial charge < -0.3 is 0 Å². The van der Waals surface area contributed by atoms with Crippen molar-refractivity contribution < 1.29 is 0 Å². The number of alkyl halides is 1. The number of halogens is 1. The molecule has 1 atom stereocenters. The molecule has 0 fully saturated rings. The lowest BCUT2D eigenvalue weighted by molar-refractivity contribution is 0.879. The molecule has 1 aliphatic rings. The van der Waals surface area contributed by atoms with Crippen molar-refractivity contribution in [2.75, 3.05) is 0 Å². The first kappa shape index (κ1) is 6.01. The summed E-state index contributed by atoms with van der Waals surface area (Å²) in [7, 11) is 3.27. The Labute approximate surface area is 65.9 Å². The van der Waals surface area contributed by atoms with Crippen molar-refractivity contribution in [1.82, 2.24) is 4.37 Å². The van der Waals surface area contributed by atoms with Crippen molar-refractivity contribution in [1.29, 1.82) is 0 Å². The fourth-order valence-electron chi connectivity index (χ4n) is 0.993. The summed E-state index contributed by atoms with van der Waals surface area (Å²) >= 11 is 5.96. The maximum atomic E-state index is 5.96. The highest BCUT2D eigenvalue weighted by Gasteiger charge is 2.32. The normalized spacial score (nSPS) is 24.3. The monoisotopic (exact) mass is 178 g/mol. The van der Waals surface area contributed by atoms with E-state index < -0.39 is 0 Å². The van der Waals surface area contributed by atoms with Gasteiger partial charge in [-0.1, -0.05) is 0 Å². The van der Waals surface area contributed by atoms with Crippen LogP contribution in [0.1, 0.15) is 22.4 Å². The highest BCUT2D eigenvalue weighted by atomic mass is 35.5. The van der Waals surface area contributed by atoms with Crippen molar-refractivity contribution in [2.24, 2.45) is 0 Å². The molecule has 0 spiro atoms. The Hall–Kier alpha value is 0.270. The van der Waals surface area contributed by atoms with Crippen LogP contribution < -0.4 is 0 Å². The third-order valence-electron chi connectivity index (χ3n) is 1.48. The molecule has 1 nitrogen and oxygen atoms in total. The first-order valence-corrected chi connectivity index (χ1v) is 5.34. The molecule has 0 N–H and O–H groups in total. The summed E-state index contributed by atoms with van der Waals surface area (Å²) < 4.78 is 4.22.